The minimum Gasteiger partial charge on any atom is -0.494 e. The molecular weight excluding hydrogens is 188 g/mol. The summed E-state index contributed by atoms with van der Waals surface area (Å²) >= 11 is 0. The average Bonchev–Trinajstić information content (AvgIpc) is 2.30. The van der Waals surface area contributed by atoms with Gasteiger partial charge in [-0.05, 0) is 18.6 Å². The van der Waals surface area contributed by atoms with E-state index in [1.54, 1.807) is 7.11 Å². The van der Waals surface area contributed by atoms with Gasteiger partial charge in [-0.1, -0.05) is 12.1 Å². The third-order valence-corrected chi connectivity index (χ3v) is 2.85. The summed E-state index contributed by atoms with van der Waals surface area (Å²) in [5, 5.41) is 3.35. The van der Waals surface area contributed by atoms with Crippen molar-refractivity contribution >= 4 is 5.69 Å². The van der Waals surface area contributed by atoms with Crippen LogP contribution in [0.5, 0.6) is 5.75 Å². The molecule has 0 bridgehead atoms. The van der Waals surface area contributed by atoms with Gasteiger partial charge >= 0.3 is 0 Å². The first-order valence-electron chi connectivity index (χ1n) is 5.42. The van der Waals surface area contributed by atoms with Gasteiger partial charge < -0.3 is 15.0 Å². The Bertz CT molecular complexity index is 332. The van der Waals surface area contributed by atoms with Crippen LogP contribution < -0.4 is 15.0 Å². The molecule has 1 N–H and O–H groups in total. The zero-order chi connectivity index (χ0) is 10.7. The van der Waals surface area contributed by atoms with Gasteiger partial charge in [0.25, 0.3) is 0 Å². The summed E-state index contributed by atoms with van der Waals surface area (Å²) in [5.74, 6) is 1.01. The van der Waals surface area contributed by atoms with Crippen molar-refractivity contribution < 1.29 is 4.74 Å². The SMILES string of the molecule is COc1c(C)cccc1N1CCNCC1. The van der Waals surface area contributed by atoms with Crippen LogP contribution in [0.3, 0.4) is 0 Å². The predicted octanol–water partition coefficient (Wildman–Crippen LogP) is 1.41. The standard InChI is InChI=1S/C12H18N2O/c1-10-4-3-5-11(12(10)15-2)14-8-6-13-7-9-14/h3-5,13H,6-9H2,1-2H3. The van der Waals surface area contributed by atoms with Gasteiger partial charge in [-0.25, -0.2) is 0 Å². The molecule has 0 aromatic heterocycles. The topological polar surface area (TPSA) is 24.5 Å². The number of rotatable bonds is 2. The minimum absolute atomic E-state index is 1.01. The number of nitrogens with zero attached hydrogens (tertiary/aromatic N) is 1. The number of ether oxygens (including phenoxy) is 1. The molecule has 1 fully saturated rings. The van der Waals surface area contributed by atoms with Crippen molar-refractivity contribution in [2.45, 2.75) is 6.92 Å². The van der Waals surface area contributed by atoms with Crippen LogP contribution in [0.1, 0.15) is 5.56 Å². The first-order valence-corrected chi connectivity index (χ1v) is 5.42. The number of hydrogen-bond donors (Lipinski definition) is 1. The molecule has 0 amide bonds. The Morgan fingerprint density at radius 2 is 2.00 bits per heavy atom. The van der Waals surface area contributed by atoms with E-state index in [1.165, 1.54) is 11.3 Å². The molecule has 1 aromatic rings. The highest BCUT2D eigenvalue weighted by molar-refractivity contribution is 5.62. The first kappa shape index (κ1) is 10.3. The lowest BCUT2D eigenvalue weighted by Gasteiger charge is -2.31. The second-order valence-corrected chi connectivity index (χ2v) is 3.86. The van der Waals surface area contributed by atoms with E-state index in [4.69, 9.17) is 4.74 Å². The van der Waals surface area contributed by atoms with Gasteiger partial charge in [-0.2, -0.15) is 0 Å². The molecule has 0 spiro atoms. The summed E-state index contributed by atoms with van der Waals surface area (Å²) in [6.07, 6.45) is 0. The Labute approximate surface area is 91.0 Å². The molecule has 1 aliphatic heterocycles. The third-order valence-electron chi connectivity index (χ3n) is 2.85. The predicted molar refractivity (Wildman–Crippen MR) is 62.8 cm³/mol. The maximum atomic E-state index is 5.47. The maximum absolute atomic E-state index is 5.47. The van der Waals surface area contributed by atoms with Gasteiger partial charge in [0.2, 0.25) is 0 Å². The second-order valence-electron chi connectivity index (χ2n) is 3.86. The molecule has 0 radical (unpaired) electrons. The molecule has 1 heterocycles. The summed E-state index contributed by atoms with van der Waals surface area (Å²) in [6.45, 7) is 6.30. The molecular formula is C12H18N2O. The van der Waals surface area contributed by atoms with Crippen LogP contribution in [0.15, 0.2) is 18.2 Å². The van der Waals surface area contributed by atoms with Crippen molar-refractivity contribution in [2.75, 3.05) is 38.2 Å². The van der Waals surface area contributed by atoms with E-state index < -0.39 is 0 Å². The normalized spacial score (nSPS) is 16.5. The van der Waals surface area contributed by atoms with Crippen LogP contribution in [0.2, 0.25) is 0 Å². The lowest BCUT2D eigenvalue weighted by Crippen LogP contribution is -2.43. The minimum atomic E-state index is 1.01. The molecule has 0 saturated carbocycles. The number of benzene rings is 1. The maximum Gasteiger partial charge on any atom is 0.145 e. The van der Waals surface area contributed by atoms with E-state index in [1.807, 2.05) is 0 Å². The number of methoxy groups -OCH3 is 1. The summed E-state index contributed by atoms with van der Waals surface area (Å²) < 4.78 is 5.47. The summed E-state index contributed by atoms with van der Waals surface area (Å²) in [4.78, 5) is 2.38. The molecule has 3 nitrogen and oxygen atoms in total. The van der Waals surface area contributed by atoms with Gasteiger partial charge in [-0.15, -0.1) is 0 Å². The molecule has 0 aliphatic carbocycles. The van der Waals surface area contributed by atoms with Crippen molar-refractivity contribution in [3.63, 3.8) is 0 Å². The summed E-state index contributed by atoms with van der Waals surface area (Å²) in [7, 11) is 1.74. The van der Waals surface area contributed by atoms with Crippen molar-refractivity contribution in [2.24, 2.45) is 0 Å². The molecule has 0 atom stereocenters. The smallest absolute Gasteiger partial charge is 0.145 e. The second kappa shape index (κ2) is 4.53. The Balaban J connectivity index is 2.29. The van der Waals surface area contributed by atoms with E-state index in [0.717, 1.165) is 31.9 Å². The fourth-order valence-electron chi connectivity index (χ4n) is 2.06. The number of piperazine rings is 1. The number of anilines is 1. The molecule has 15 heavy (non-hydrogen) atoms. The van der Waals surface area contributed by atoms with E-state index in [-0.39, 0.29) is 0 Å². The fourth-order valence-corrected chi connectivity index (χ4v) is 2.06. The number of aryl methyl sites for hydroxylation is 1. The highest BCUT2D eigenvalue weighted by Gasteiger charge is 2.15. The van der Waals surface area contributed by atoms with Crippen molar-refractivity contribution in [3.8, 4) is 5.75 Å². The molecule has 1 saturated heterocycles. The Morgan fingerprint density at radius 1 is 1.27 bits per heavy atom. The van der Waals surface area contributed by atoms with Gasteiger partial charge in [0, 0.05) is 26.2 Å². The zero-order valence-corrected chi connectivity index (χ0v) is 9.42. The molecule has 1 aliphatic rings. The molecule has 2 rings (SSSR count). The fraction of sp³-hybridized carbons (Fsp3) is 0.500. The van der Waals surface area contributed by atoms with Crippen LogP contribution in [0.4, 0.5) is 5.69 Å². The van der Waals surface area contributed by atoms with Gasteiger partial charge in [0.15, 0.2) is 0 Å². The van der Waals surface area contributed by atoms with Crippen molar-refractivity contribution in [3.05, 3.63) is 23.8 Å². The van der Waals surface area contributed by atoms with E-state index >= 15 is 0 Å². The highest BCUT2D eigenvalue weighted by Crippen LogP contribution is 2.31. The number of para-hydroxylation sites is 1. The van der Waals surface area contributed by atoms with E-state index in [9.17, 15) is 0 Å². The van der Waals surface area contributed by atoms with Gasteiger partial charge in [0.05, 0.1) is 12.8 Å². The van der Waals surface area contributed by atoms with Crippen molar-refractivity contribution in [1.29, 1.82) is 0 Å². The lowest BCUT2D eigenvalue weighted by molar-refractivity contribution is 0.410. The van der Waals surface area contributed by atoms with Gasteiger partial charge in [0.1, 0.15) is 5.75 Å². The lowest BCUT2D eigenvalue weighted by atomic mass is 10.1. The van der Waals surface area contributed by atoms with Crippen LogP contribution >= 0.6 is 0 Å². The number of hydrogen-bond acceptors (Lipinski definition) is 3. The third kappa shape index (κ3) is 2.07. The summed E-state index contributed by atoms with van der Waals surface area (Å²) in [6, 6.07) is 6.32. The van der Waals surface area contributed by atoms with Crippen LogP contribution in [-0.2, 0) is 0 Å². The average molecular weight is 206 g/mol. The molecule has 0 unspecified atom stereocenters. The zero-order valence-electron chi connectivity index (χ0n) is 9.42. The van der Waals surface area contributed by atoms with Crippen LogP contribution in [0.25, 0.3) is 0 Å². The monoisotopic (exact) mass is 206 g/mol. The van der Waals surface area contributed by atoms with Crippen LogP contribution in [-0.4, -0.2) is 33.3 Å². The quantitative estimate of drug-likeness (QED) is 0.792. The Morgan fingerprint density at radius 3 is 2.67 bits per heavy atom. The van der Waals surface area contributed by atoms with Crippen LogP contribution in [0, 0.1) is 6.92 Å². The summed E-state index contributed by atoms with van der Waals surface area (Å²) in [5.41, 5.74) is 2.42. The van der Waals surface area contributed by atoms with Crippen molar-refractivity contribution in [1.82, 2.24) is 5.32 Å². The number of nitrogens with one attached hydrogen (secondary N) is 1. The Hall–Kier alpha value is -1.22. The highest BCUT2D eigenvalue weighted by atomic mass is 16.5. The Kier molecular flexibility index (Phi) is 3.11. The van der Waals surface area contributed by atoms with E-state index in [2.05, 4.69) is 35.3 Å². The van der Waals surface area contributed by atoms with E-state index in [0.29, 0.717) is 0 Å². The van der Waals surface area contributed by atoms with Gasteiger partial charge in [-0.3, -0.25) is 0 Å². The first-order chi connectivity index (χ1) is 7.33. The largest absolute Gasteiger partial charge is 0.494 e. The molecule has 82 valence electrons. The molecule has 1 aromatic carbocycles. The molecule has 3 heteroatoms.